The summed E-state index contributed by atoms with van der Waals surface area (Å²) >= 11 is 0. The number of carbonyl (C=O) groups is 3. The molecule has 1 aliphatic carbocycles. The summed E-state index contributed by atoms with van der Waals surface area (Å²) in [6.07, 6.45) is 5.70. The number of alkyl halides is 2. The van der Waals surface area contributed by atoms with Gasteiger partial charge in [0.1, 0.15) is 17.1 Å². The number of nitrogens with zero attached hydrogens (tertiary/aromatic N) is 2. The van der Waals surface area contributed by atoms with Crippen LogP contribution < -0.4 is 10.1 Å². The van der Waals surface area contributed by atoms with Gasteiger partial charge in [-0.15, -0.1) is 0 Å². The van der Waals surface area contributed by atoms with Crippen LogP contribution in [0.3, 0.4) is 0 Å². The van der Waals surface area contributed by atoms with E-state index in [-0.39, 0.29) is 36.4 Å². The number of aliphatic carboxylic acids is 1. The molecule has 0 spiro atoms. The third-order valence-electron chi connectivity index (χ3n) is 7.53. The average molecular weight is 542 g/mol. The summed E-state index contributed by atoms with van der Waals surface area (Å²) in [5.41, 5.74) is 1.54. The van der Waals surface area contributed by atoms with Gasteiger partial charge in [0.2, 0.25) is 0 Å². The standard InChI is InChI=1S/C29H33F2N3O5/c1-29(22-5-3-2-4-6-22)33-25(20-11-13-23(14-12-20)39-28(30)31)27(38)34(29)18-16-19-7-9-21(10-8-19)26(37)32-17-15-24(35)36/h7-14,22,28H,2-6,15-18H2,1H3,(H,32,37)(H,35,36). The number of hydrogen-bond donors (Lipinski definition) is 2. The number of aliphatic imine (C=N–C) groups is 1. The molecule has 39 heavy (non-hydrogen) atoms. The van der Waals surface area contributed by atoms with Crippen LogP contribution in [-0.2, 0) is 16.0 Å². The highest BCUT2D eigenvalue weighted by Gasteiger charge is 2.48. The fourth-order valence-corrected chi connectivity index (χ4v) is 5.39. The minimum absolute atomic E-state index is 0.0192. The summed E-state index contributed by atoms with van der Waals surface area (Å²) in [7, 11) is 0. The molecule has 2 amide bonds. The zero-order valence-electron chi connectivity index (χ0n) is 21.9. The minimum atomic E-state index is -2.92. The topological polar surface area (TPSA) is 108 Å². The third-order valence-corrected chi connectivity index (χ3v) is 7.53. The molecule has 1 saturated carbocycles. The molecular weight excluding hydrogens is 508 g/mol. The number of carbonyl (C=O) groups excluding carboxylic acids is 2. The van der Waals surface area contributed by atoms with Crippen molar-refractivity contribution in [3.63, 3.8) is 0 Å². The number of hydrogen-bond acceptors (Lipinski definition) is 5. The predicted octanol–water partition coefficient (Wildman–Crippen LogP) is 4.66. The lowest BCUT2D eigenvalue weighted by molar-refractivity contribution is -0.136. The van der Waals surface area contributed by atoms with Crippen LogP contribution in [0, 0.1) is 5.92 Å². The second-order valence-corrected chi connectivity index (χ2v) is 10.1. The van der Waals surface area contributed by atoms with E-state index in [2.05, 4.69) is 10.1 Å². The first-order valence-corrected chi connectivity index (χ1v) is 13.2. The maximum atomic E-state index is 13.7. The minimum Gasteiger partial charge on any atom is -0.481 e. The van der Waals surface area contributed by atoms with Crippen LogP contribution >= 0.6 is 0 Å². The second-order valence-electron chi connectivity index (χ2n) is 10.1. The third kappa shape index (κ3) is 6.79. The Morgan fingerprint density at radius 1 is 1.10 bits per heavy atom. The van der Waals surface area contributed by atoms with Crippen molar-refractivity contribution in [2.24, 2.45) is 10.9 Å². The van der Waals surface area contributed by atoms with Gasteiger partial charge in [-0.1, -0.05) is 31.4 Å². The summed E-state index contributed by atoms with van der Waals surface area (Å²) < 4.78 is 29.6. The molecule has 2 aromatic carbocycles. The van der Waals surface area contributed by atoms with Crippen LogP contribution in [0.15, 0.2) is 53.5 Å². The lowest BCUT2D eigenvalue weighted by Crippen LogP contribution is -2.51. The Hall–Kier alpha value is -3.82. The van der Waals surface area contributed by atoms with Gasteiger partial charge in [0, 0.05) is 30.1 Å². The molecule has 1 unspecified atom stereocenters. The molecule has 2 N–H and O–H groups in total. The van der Waals surface area contributed by atoms with E-state index in [0.717, 1.165) is 31.2 Å². The number of amides is 2. The molecule has 1 fully saturated rings. The highest BCUT2D eigenvalue weighted by Crippen LogP contribution is 2.41. The number of halogens is 2. The van der Waals surface area contributed by atoms with Crippen molar-refractivity contribution in [3.05, 3.63) is 65.2 Å². The number of nitrogens with one attached hydrogen (secondary N) is 1. The smallest absolute Gasteiger partial charge is 0.387 e. The summed E-state index contributed by atoms with van der Waals surface area (Å²) in [4.78, 5) is 43.4. The Balaban J connectivity index is 1.48. The van der Waals surface area contributed by atoms with Gasteiger partial charge in [-0.2, -0.15) is 8.78 Å². The Bertz CT molecular complexity index is 1210. The van der Waals surface area contributed by atoms with E-state index in [4.69, 9.17) is 10.1 Å². The van der Waals surface area contributed by atoms with Crippen LogP contribution in [0.2, 0.25) is 0 Å². The lowest BCUT2D eigenvalue weighted by Gasteiger charge is -2.41. The van der Waals surface area contributed by atoms with Crippen LogP contribution in [0.25, 0.3) is 0 Å². The molecule has 208 valence electrons. The Labute approximate surface area is 226 Å². The average Bonchev–Trinajstić information content (AvgIpc) is 3.18. The number of carboxylic acids is 1. The van der Waals surface area contributed by atoms with Crippen LogP contribution in [-0.4, -0.2) is 58.9 Å². The first-order chi connectivity index (χ1) is 18.7. The van der Waals surface area contributed by atoms with Gasteiger partial charge in [0.25, 0.3) is 11.8 Å². The first kappa shape index (κ1) is 28.2. The second kappa shape index (κ2) is 12.4. The van der Waals surface area contributed by atoms with E-state index in [9.17, 15) is 23.2 Å². The van der Waals surface area contributed by atoms with E-state index >= 15 is 0 Å². The Morgan fingerprint density at radius 3 is 2.38 bits per heavy atom. The number of rotatable bonds is 11. The van der Waals surface area contributed by atoms with Crippen molar-refractivity contribution >= 4 is 23.5 Å². The molecule has 0 bridgehead atoms. The zero-order valence-corrected chi connectivity index (χ0v) is 21.9. The van der Waals surface area contributed by atoms with Gasteiger partial charge >= 0.3 is 12.6 Å². The molecule has 8 nitrogen and oxygen atoms in total. The van der Waals surface area contributed by atoms with Crippen molar-refractivity contribution in [3.8, 4) is 5.75 Å². The monoisotopic (exact) mass is 541 g/mol. The lowest BCUT2D eigenvalue weighted by atomic mass is 9.80. The van der Waals surface area contributed by atoms with E-state index in [1.165, 1.54) is 18.6 Å². The molecule has 4 rings (SSSR count). The number of benzene rings is 2. The van der Waals surface area contributed by atoms with Crippen molar-refractivity contribution in [1.29, 1.82) is 0 Å². The number of ether oxygens (including phenoxy) is 1. The van der Waals surface area contributed by atoms with E-state index in [1.54, 1.807) is 24.3 Å². The van der Waals surface area contributed by atoms with Gasteiger partial charge in [0.05, 0.1) is 6.42 Å². The summed E-state index contributed by atoms with van der Waals surface area (Å²) in [6, 6.07) is 13.0. The molecule has 10 heteroatoms. The summed E-state index contributed by atoms with van der Waals surface area (Å²) in [5, 5.41) is 11.3. The largest absolute Gasteiger partial charge is 0.481 e. The quantitative estimate of drug-likeness (QED) is 0.430. The van der Waals surface area contributed by atoms with E-state index in [1.807, 2.05) is 24.0 Å². The molecular formula is C29H33F2N3O5. The Kier molecular flexibility index (Phi) is 8.93. The van der Waals surface area contributed by atoms with E-state index in [0.29, 0.717) is 29.8 Å². The van der Waals surface area contributed by atoms with Crippen molar-refractivity contribution < 1.29 is 33.0 Å². The SMILES string of the molecule is CC1(C2CCCCC2)N=C(c2ccc(OC(F)F)cc2)C(=O)N1CCc1ccc(C(=O)NCCC(=O)O)cc1. The molecule has 1 aliphatic heterocycles. The first-order valence-electron chi connectivity index (χ1n) is 13.2. The molecule has 1 atom stereocenters. The maximum Gasteiger partial charge on any atom is 0.387 e. The highest BCUT2D eigenvalue weighted by molar-refractivity contribution is 6.46. The van der Waals surface area contributed by atoms with Crippen LogP contribution in [0.5, 0.6) is 5.75 Å². The zero-order chi connectivity index (χ0) is 28.0. The van der Waals surface area contributed by atoms with Gasteiger partial charge in [0.15, 0.2) is 0 Å². The molecule has 2 aromatic rings. The number of carboxylic acid groups (broad SMARTS) is 1. The van der Waals surface area contributed by atoms with Crippen LogP contribution in [0.1, 0.15) is 66.9 Å². The molecule has 1 heterocycles. The molecule has 0 aromatic heterocycles. The summed E-state index contributed by atoms with van der Waals surface area (Å²) in [5.74, 6) is -1.28. The predicted molar refractivity (Wildman–Crippen MR) is 141 cm³/mol. The Morgan fingerprint density at radius 2 is 1.77 bits per heavy atom. The van der Waals surface area contributed by atoms with Crippen molar-refractivity contribution in [2.45, 2.75) is 64.1 Å². The molecule has 0 saturated heterocycles. The van der Waals surface area contributed by atoms with Gasteiger partial charge < -0.3 is 20.1 Å². The fourth-order valence-electron chi connectivity index (χ4n) is 5.39. The molecule has 2 aliphatic rings. The highest BCUT2D eigenvalue weighted by atomic mass is 19.3. The maximum absolute atomic E-state index is 13.7. The van der Waals surface area contributed by atoms with Gasteiger partial charge in [-0.3, -0.25) is 19.4 Å². The van der Waals surface area contributed by atoms with Gasteiger partial charge in [-0.25, -0.2) is 0 Å². The van der Waals surface area contributed by atoms with Crippen LogP contribution in [0.4, 0.5) is 8.78 Å². The van der Waals surface area contributed by atoms with Gasteiger partial charge in [-0.05, 0) is 68.1 Å². The van der Waals surface area contributed by atoms with Crippen molar-refractivity contribution in [2.75, 3.05) is 13.1 Å². The van der Waals surface area contributed by atoms with E-state index < -0.39 is 18.2 Å². The molecule has 0 radical (unpaired) electrons. The summed E-state index contributed by atoms with van der Waals surface area (Å²) in [6.45, 7) is -0.439. The van der Waals surface area contributed by atoms with Crippen molar-refractivity contribution in [1.82, 2.24) is 10.2 Å². The normalized spacial score (nSPS) is 19.7. The fraction of sp³-hybridized carbons (Fsp3) is 0.448.